The minimum absolute atomic E-state index is 0.152. The van der Waals surface area contributed by atoms with Gasteiger partial charge in [-0.05, 0) is 30.9 Å². The summed E-state index contributed by atoms with van der Waals surface area (Å²) in [7, 11) is 0. The molecule has 0 heterocycles. The fourth-order valence-corrected chi connectivity index (χ4v) is 3.05. The van der Waals surface area contributed by atoms with Crippen molar-refractivity contribution in [1.29, 1.82) is 0 Å². The first-order chi connectivity index (χ1) is 9.08. The van der Waals surface area contributed by atoms with E-state index < -0.39 is 0 Å². The molecule has 0 spiro atoms. The summed E-state index contributed by atoms with van der Waals surface area (Å²) in [6, 6.07) is 5.39. The molecule has 2 rings (SSSR count). The van der Waals surface area contributed by atoms with Crippen molar-refractivity contribution >= 4 is 27.3 Å². The predicted molar refractivity (Wildman–Crippen MR) is 80.5 cm³/mol. The minimum Gasteiger partial charge on any atom is -0.376 e. The molecule has 1 fully saturated rings. The van der Waals surface area contributed by atoms with E-state index in [1.165, 1.54) is 25.7 Å². The van der Waals surface area contributed by atoms with Gasteiger partial charge in [0.1, 0.15) is 5.69 Å². The lowest BCUT2D eigenvalue weighted by molar-refractivity contribution is -0.384. The molecule has 1 aliphatic carbocycles. The first-order valence-electron chi connectivity index (χ1n) is 6.78. The Labute approximate surface area is 121 Å². The highest BCUT2D eigenvalue weighted by molar-refractivity contribution is 9.10. The molecule has 19 heavy (non-hydrogen) atoms. The highest BCUT2D eigenvalue weighted by Crippen LogP contribution is 2.32. The number of hydrogen-bond acceptors (Lipinski definition) is 3. The summed E-state index contributed by atoms with van der Waals surface area (Å²) in [5, 5.41) is 14.5. The van der Waals surface area contributed by atoms with Crippen LogP contribution in [0.25, 0.3) is 0 Å². The Hall–Kier alpha value is -1.10. The van der Waals surface area contributed by atoms with Gasteiger partial charge in [-0.3, -0.25) is 10.1 Å². The normalized spacial score (nSPS) is 23.7. The van der Waals surface area contributed by atoms with Crippen LogP contribution < -0.4 is 5.32 Å². The maximum absolute atomic E-state index is 11.1. The van der Waals surface area contributed by atoms with Gasteiger partial charge in [0.2, 0.25) is 0 Å². The zero-order valence-electron chi connectivity index (χ0n) is 11.1. The van der Waals surface area contributed by atoms with Gasteiger partial charge in [0.15, 0.2) is 0 Å². The summed E-state index contributed by atoms with van der Waals surface area (Å²) in [6.45, 7) is 2.23. The van der Waals surface area contributed by atoms with Crippen LogP contribution in [0.2, 0.25) is 0 Å². The van der Waals surface area contributed by atoms with Crippen LogP contribution in [0.1, 0.15) is 39.0 Å². The Morgan fingerprint density at radius 1 is 1.32 bits per heavy atom. The first-order valence-corrected chi connectivity index (χ1v) is 7.57. The maximum atomic E-state index is 11.1. The largest absolute Gasteiger partial charge is 0.376 e. The smallest absolute Gasteiger partial charge is 0.292 e. The molecule has 0 bridgehead atoms. The Bertz CT molecular complexity index is 465. The monoisotopic (exact) mass is 326 g/mol. The Morgan fingerprint density at radius 2 is 2.05 bits per heavy atom. The summed E-state index contributed by atoms with van der Waals surface area (Å²) in [5.74, 6) is 0.557. The van der Waals surface area contributed by atoms with Gasteiger partial charge in [0.05, 0.1) is 4.92 Å². The van der Waals surface area contributed by atoms with Gasteiger partial charge in [-0.1, -0.05) is 42.1 Å². The molecule has 5 heteroatoms. The summed E-state index contributed by atoms with van der Waals surface area (Å²) in [4.78, 5) is 10.8. The number of anilines is 1. The average Bonchev–Trinajstić information content (AvgIpc) is 2.55. The van der Waals surface area contributed by atoms with E-state index in [9.17, 15) is 10.1 Å². The third kappa shape index (κ3) is 3.69. The van der Waals surface area contributed by atoms with Gasteiger partial charge >= 0.3 is 0 Å². The molecule has 1 aromatic carbocycles. The van der Waals surface area contributed by atoms with E-state index in [2.05, 4.69) is 28.2 Å². The van der Waals surface area contributed by atoms with Gasteiger partial charge in [-0.25, -0.2) is 0 Å². The highest BCUT2D eigenvalue weighted by atomic mass is 79.9. The number of nitro groups is 1. The predicted octanol–water partition coefficient (Wildman–Crippen LogP) is 4.74. The molecule has 0 aliphatic heterocycles. The van der Waals surface area contributed by atoms with E-state index in [0.717, 1.165) is 10.9 Å². The molecule has 0 saturated heterocycles. The lowest BCUT2D eigenvalue weighted by Crippen LogP contribution is -2.26. The van der Waals surface area contributed by atoms with Crippen LogP contribution in [0.15, 0.2) is 22.7 Å². The number of nitrogens with one attached hydrogen (secondary N) is 1. The molecule has 0 radical (unpaired) electrons. The standard InChI is InChI=1S/C14H19BrN2O2/c1-10-5-3-2-4-6-12(10)16-13-9-11(15)7-8-14(13)17(18)19/h7-10,12,16H,2-6H2,1H3. The van der Waals surface area contributed by atoms with Gasteiger partial charge in [0.25, 0.3) is 5.69 Å². The average molecular weight is 327 g/mol. The second-order valence-electron chi connectivity index (χ2n) is 5.28. The van der Waals surface area contributed by atoms with E-state index in [1.807, 2.05) is 0 Å². The summed E-state index contributed by atoms with van der Waals surface area (Å²) >= 11 is 3.38. The van der Waals surface area contributed by atoms with Crippen LogP contribution in [-0.2, 0) is 0 Å². The molecule has 4 nitrogen and oxygen atoms in total. The van der Waals surface area contributed by atoms with Gasteiger partial charge in [0, 0.05) is 16.6 Å². The molecule has 1 N–H and O–H groups in total. The fraction of sp³-hybridized carbons (Fsp3) is 0.571. The number of rotatable bonds is 3. The van der Waals surface area contributed by atoms with E-state index >= 15 is 0 Å². The van der Waals surface area contributed by atoms with Gasteiger partial charge in [-0.15, -0.1) is 0 Å². The van der Waals surface area contributed by atoms with Crippen LogP contribution in [0.3, 0.4) is 0 Å². The lowest BCUT2D eigenvalue weighted by atomic mass is 9.96. The number of nitro benzene ring substituents is 1. The zero-order valence-corrected chi connectivity index (χ0v) is 12.6. The van der Waals surface area contributed by atoms with Gasteiger partial charge in [-0.2, -0.15) is 0 Å². The third-order valence-electron chi connectivity index (χ3n) is 3.86. The molecule has 1 saturated carbocycles. The minimum atomic E-state index is -0.323. The van der Waals surface area contributed by atoms with Crippen molar-refractivity contribution in [3.8, 4) is 0 Å². The van der Waals surface area contributed by atoms with E-state index in [4.69, 9.17) is 0 Å². The van der Waals surface area contributed by atoms with Crippen molar-refractivity contribution in [2.75, 3.05) is 5.32 Å². The Kier molecular flexibility index (Phi) is 4.80. The van der Waals surface area contributed by atoms with Crippen molar-refractivity contribution in [2.24, 2.45) is 5.92 Å². The molecule has 2 atom stereocenters. The van der Waals surface area contributed by atoms with Crippen molar-refractivity contribution in [1.82, 2.24) is 0 Å². The fourth-order valence-electron chi connectivity index (χ4n) is 2.69. The molecule has 0 amide bonds. The van der Waals surface area contributed by atoms with Crippen molar-refractivity contribution in [3.63, 3.8) is 0 Å². The van der Waals surface area contributed by atoms with Gasteiger partial charge < -0.3 is 5.32 Å². The van der Waals surface area contributed by atoms with E-state index in [-0.39, 0.29) is 10.6 Å². The molecular formula is C14H19BrN2O2. The number of halogens is 1. The molecule has 2 unspecified atom stereocenters. The summed E-state index contributed by atoms with van der Waals surface area (Å²) in [5.41, 5.74) is 0.776. The van der Waals surface area contributed by atoms with Crippen LogP contribution in [0, 0.1) is 16.0 Å². The van der Waals surface area contributed by atoms with Crippen LogP contribution in [0.5, 0.6) is 0 Å². The second kappa shape index (κ2) is 6.37. The zero-order chi connectivity index (χ0) is 13.8. The third-order valence-corrected chi connectivity index (χ3v) is 4.35. The van der Waals surface area contributed by atoms with Crippen molar-refractivity contribution in [3.05, 3.63) is 32.8 Å². The Morgan fingerprint density at radius 3 is 2.79 bits per heavy atom. The quantitative estimate of drug-likeness (QED) is 0.496. The topological polar surface area (TPSA) is 55.2 Å². The highest BCUT2D eigenvalue weighted by Gasteiger charge is 2.23. The van der Waals surface area contributed by atoms with Crippen LogP contribution >= 0.6 is 15.9 Å². The summed E-state index contributed by atoms with van der Waals surface area (Å²) in [6.07, 6.45) is 6.01. The SMILES string of the molecule is CC1CCCCCC1Nc1cc(Br)ccc1[N+](=O)[O-]. The first kappa shape index (κ1) is 14.3. The van der Waals surface area contributed by atoms with E-state index in [0.29, 0.717) is 17.6 Å². The lowest BCUT2D eigenvalue weighted by Gasteiger charge is -2.23. The molecule has 1 aromatic rings. The Balaban J connectivity index is 2.21. The van der Waals surface area contributed by atoms with Crippen LogP contribution in [0.4, 0.5) is 11.4 Å². The number of nitrogens with zero attached hydrogens (tertiary/aromatic N) is 1. The summed E-state index contributed by atoms with van der Waals surface area (Å²) < 4.78 is 0.863. The molecule has 1 aliphatic rings. The number of hydrogen-bond donors (Lipinski definition) is 1. The number of benzene rings is 1. The molecular weight excluding hydrogens is 308 g/mol. The second-order valence-corrected chi connectivity index (χ2v) is 6.20. The van der Waals surface area contributed by atoms with Crippen molar-refractivity contribution < 1.29 is 4.92 Å². The van der Waals surface area contributed by atoms with E-state index in [1.54, 1.807) is 18.2 Å². The van der Waals surface area contributed by atoms with Crippen molar-refractivity contribution in [2.45, 2.75) is 45.1 Å². The maximum Gasteiger partial charge on any atom is 0.292 e. The molecule has 0 aromatic heterocycles. The molecule has 104 valence electrons. The van der Waals surface area contributed by atoms with Crippen LogP contribution in [-0.4, -0.2) is 11.0 Å².